The standard InChI is InChI=1S/C27H23N3O12S/c1-16-21(4-3-5-23(16)41-27(32)18-8-12-20(13-9-18)30(35)36)25-28-22(14-39-25)24(42-43(2,37)38)15-40-26(31)17-6-10-19(11-7-17)29(33)34/h3-13,22,24H,14-15H2,1-2H3/t22-,24-/m0/s1. The molecular formula is C27H23N3O12S. The molecule has 0 radical (unpaired) electrons. The number of benzene rings is 3. The van der Waals surface area contributed by atoms with E-state index in [1.807, 2.05) is 0 Å². The Kier molecular flexibility index (Phi) is 9.11. The average molecular weight is 614 g/mol. The van der Waals surface area contributed by atoms with Gasteiger partial charge >= 0.3 is 11.9 Å². The van der Waals surface area contributed by atoms with Gasteiger partial charge in [0.1, 0.15) is 31.1 Å². The molecule has 16 heteroatoms. The molecule has 0 N–H and O–H groups in total. The fourth-order valence-corrected chi connectivity index (χ4v) is 4.58. The second kappa shape index (κ2) is 12.7. The van der Waals surface area contributed by atoms with Crippen molar-refractivity contribution in [2.75, 3.05) is 19.5 Å². The summed E-state index contributed by atoms with van der Waals surface area (Å²) in [5.74, 6) is -1.35. The number of nitrogens with zero attached hydrogens (tertiary/aromatic N) is 3. The fraction of sp³-hybridized carbons (Fsp3) is 0.222. The number of nitro benzene ring substituents is 2. The van der Waals surface area contributed by atoms with Crippen molar-refractivity contribution in [3.05, 3.63) is 109 Å². The van der Waals surface area contributed by atoms with Gasteiger partial charge in [-0.25, -0.2) is 14.6 Å². The maximum absolute atomic E-state index is 12.6. The van der Waals surface area contributed by atoms with Crippen LogP contribution in [-0.4, -0.2) is 67.7 Å². The lowest BCUT2D eigenvalue weighted by atomic mass is 10.1. The number of carbonyl (C=O) groups excluding carboxylic acids is 2. The topological polar surface area (TPSA) is 204 Å². The third-order valence-electron chi connectivity index (χ3n) is 6.12. The van der Waals surface area contributed by atoms with E-state index in [4.69, 9.17) is 18.4 Å². The predicted octanol–water partition coefficient (Wildman–Crippen LogP) is 3.38. The summed E-state index contributed by atoms with van der Waals surface area (Å²) in [6, 6.07) is 13.4. The molecule has 1 heterocycles. The van der Waals surface area contributed by atoms with Gasteiger partial charge in [-0.15, -0.1) is 0 Å². The maximum atomic E-state index is 12.6. The Morgan fingerprint density at radius 1 is 0.953 bits per heavy atom. The van der Waals surface area contributed by atoms with Gasteiger partial charge in [-0.3, -0.25) is 24.4 Å². The highest BCUT2D eigenvalue weighted by molar-refractivity contribution is 7.86. The van der Waals surface area contributed by atoms with E-state index in [2.05, 4.69) is 4.99 Å². The normalized spacial score (nSPS) is 15.1. The van der Waals surface area contributed by atoms with Gasteiger partial charge in [0.05, 0.1) is 27.2 Å². The molecule has 0 aromatic heterocycles. The van der Waals surface area contributed by atoms with E-state index < -0.39 is 50.7 Å². The van der Waals surface area contributed by atoms with Crippen LogP contribution in [0.15, 0.2) is 71.7 Å². The molecule has 0 saturated heterocycles. The SMILES string of the molecule is Cc1c(OC(=O)c2ccc([N+](=O)[O-])cc2)cccc1C1=N[C@H]([C@H](COC(=O)c2ccc([N+](=O)[O-])cc2)OS(C)(=O)=O)CO1. The van der Waals surface area contributed by atoms with Gasteiger partial charge in [-0.05, 0) is 43.3 Å². The van der Waals surface area contributed by atoms with Crippen molar-refractivity contribution in [2.24, 2.45) is 4.99 Å². The largest absolute Gasteiger partial charge is 0.475 e. The van der Waals surface area contributed by atoms with Crippen LogP contribution in [0.2, 0.25) is 0 Å². The third kappa shape index (κ3) is 7.75. The molecule has 1 aliphatic rings. The molecule has 3 aromatic carbocycles. The summed E-state index contributed by atoms with van der Waals surface area (Å²) in [4.78, 5) is 50.0. The quantitative estimate of drug-likeness (QED) is 0.100. The monoisotopic (exact) mass is 613 g/mol. The van der Waals surface area contributed by atoms with Crippen LogP contribution >= 0.6 is 0 Å². The van der Waals surface area contributed by atoms with Crippen molar-refractivity contribution in [3.8, 4) is 5.75 Å². The highest BCUT2D eigenvalue weighted by Crippen LogP contribution is 2.27. The zero-order chi connectivity index (χ0) is 31.3. The van der Waals surface area contributed by atoms with E-state index in [9.17, 15) is 38.2 Å². The molecule has 2 atom stereocenters. The van der Waals surface area contributed by atoms with Crippen LogP contribution in [0.25, 0.3) is 0 Å². The van der Waals surface area contributed by atoms with E-state index in [0.29, 0.717) is 11.1 Å². The highest BCUT2D eigenvalue weighted by Gasteiger charge is 2.33. The van der Waals surface area contributed by atoms with Crippen LogP contribution in [0.4, 0.5) is 11.4 Å². The smallest absolute Gasteiger partial charge is 0.343 e. The maximum Gasteiger partial charge on any atom is 0.343 e. The van der Waals surface area contributed by atoms with E-state index in [0.717, 1.165) is 18.4 Å². The first-order valence-electron chi connectivity index (χ1n) is 12.4. The summed E-state index contributed by atoms with van der Waals surface area (Å²) in [6.07, 6.45) is -0.441. The lowest BCUT2D eigenvalue weighted by molar-refractivity contribution is -0.385. The number of hydrogen-bond acceptors (Lipinski definition) is 13. The highest BCUT2D eigenvalue weighted by atomic mass is 32.2. The van der Waals surface area contributed by atoms with Crippen LogP contribution in [0.5, 0.6) is 5.75 Å². The molecule has 0 unspecified atom stereocenters. The van der Waals surface area contributed by atoms with Crippen LogP contribution in [0, 0.1) is 27.2 Å². The van der Waals surface area contributed by atoms with Crippen LogP contribution in [0.3, 0.4) is 0 Å². The summed E-state index contributed by atoms with van der Waals surface area (Å²) in [6.45, 7) is 0.986. The van der Waals surface area contributed by atoms with Crippen LogP contribution < -0.4 is 4.74 Å². The van der Waals surface area contributed by atoms with Gasteiger partial charge in [-0.1, -0.05) is 6.07 Å². The van der Waals surface area contributed by atoms with Gasteiger partial charge in [-0.2, -0.15) is 8.42 Å². The number of nitro groups is 2. The molecule has 0 aliphatic carbocycles. The van der Waals surface area contributed by atoms with Gasteiger partial charge in [0.15, 0.2) is 0 Å². The first-order valence-corrected chi connectivity index (χ1v) is 14.2. The Bertz CT molecular complexity index is 1700. The molecule has 0 saturated carbocycles. The molecule has 0 fully saturated rings. The number of non-ortho nitro benzene ring substituents is 2. The van der Waals surface area contributed by atoms with E-state index in [1.165, 1.54) is 42.5 Å². The fourth-order valence-electron chi connectivity index (χ4n) is 3.95. The van der Waals surface area contributed by atoms with Crippen molar-refractivity contribution in [3.63, 3.8) is 0 Å². The number of esters is 2. The summed E-state index contributed by atoms with van der Waals surface area (Å²) in [5, 5.41) is 21.7. The minimum atomic E-state index is -4.02. The van der Waals surface area contributed by atoms with E-state index in [1.54, 1.807) is 19.1 Å². The summed E-state index contributed by atoms with van der Waals surface area (Å²) in [7, 11) is -4.02. The van der Waals surface area contributed by atoms with Crippen LogP contribution in [0.1, 0.15) is 31.8 Å². The van der Waals surface area contributed by atoms with Gasteiger partial charge < -0.3 is 14.2 Å². The third-order valence-corrected chi connectivity index (χ3v) is 6.72. The summed E-state index contributed by atoms with van der Waals surface area (Å²) < 4.78 is 45.4. The zero-order valence-electron chi connectivity index (χ0n) is 22.6. The number of ether oxygens (including phenoxy) is 3. The first kappa shape index (κ1) is 30.7. The second-order valence-electron chi connectivity index (χ2n) is 9.18. The Hall–Kier alpha value is -5.22. The number of carbonyl (C=O) groups is 2. The molecular weight excluding hydrogens is 590 g/mol. The Morgan fingerprint density at radius 3 is 2.05 bits per heavy atom. The summed E-state index contributed by atoms with van der Waals surface area (Å²) >= 11 is 0. The molecule has 1 aliphatic heterocycles. The molecule has 3 aromatic rings. The Labute approximate surface area is 244 Å². The van der Waals surface area contributed by atoms with Gasteiger partial charge in [0.25, 0.3) is 21.5 Å². The van der Waals surface area contributed by atoms with Crippen molar-refractivity contribution < 1.29 is 46.2 Å². The lowest BCUT2D eigenvalue weighted by Gasteiger charge is -2.19. The molecule has 0 spiro atoms. The predicted molar refractivity (Wildman–Crippen MR) is 149 cm³/mol. The molecule has 15 nitrogen and oxygen atoms in total. The Morgan fingerprint density at radius 2 is 1.51 bits per heavy atom. The van der Waals surface area contributed by atoms with Crippen molar-refractivity contribution >= 4 is 39.3 Å². The first-order chi connectivity index (χ1) is 20.3. The minimum absolute atomic E-state index is 0.00582. The minimum Gasteiger partial charge on any atom is -0.475 e. The van der Waals surface area contributed by atoms with Crippen molar-refractivity contribution in [1.29, 1.82) is 0 Å². The zero-order valence-corrected chi connectivity index (χ0v) is 23.4. The summed E-state index contributed by atoms with van der Waals surface area (Å²) in [5.41, 5.74) is 0.584. The van der Waals surface area contributed by atoms with Crippen LogP contribution in [-0.2, 0) is 23.8 Å². The number of hydrogen-bond donors (Lipinski definition) is 0. The van der Waals surface area contributed by atoms with Gasteiger partial charge in [0.2, 0.25) is 5.90 Å². The molecule has 4 rings (SSSR count). The second-order valence-corrected chi connectivity index (χ2v) is 10.8. The molecule has 0 bridgehead atoms. The number of aliphatic imine (C=N–C) groups is 1. The molecule has 43 heavy (non-hydrogen) atoms. The molecule has 224 valence electrons. The van der Waals surface area contributed by atoms with E-state index >= 15 is 0 Å². The molecule has 0 amide bonds. The Balaban J connectivity index is 1.49. The lowest BCUT2D eigenvalue weighted by Crippen LogP contribution is -2.36. The van der Waals surface area contributed by atoms with Crippen molar-refractivity contribution in [1.82, 2.24) is 0 Å². The van der Waals surface area contributed by atoms with E-state index in [-0.39, 0.29) is 40.8 Å². The van der Waals surface area contributed by atoms with Gasteiger partial charge in [0, 0.05) is 35.4 Å². The average Bonchev–Trinajstić information content (AvgIpc) is 3.45. The number of rotatable bonds is 11. The van der Waals surface area contributed by atoms with Crippen molar-refractivity contribution in [2.45, 2.75) is 19.1 Å².